The number of carbonyl (C=O) groups excluding carboxylic acids is 1. The van der Waals surface area contributed by atoms with Gasteiger partial charge in [0.1, 0.15) is 5.69 Å². The second kappa shape index (κ2) is 7.03. The van der Waals surface area contributed by atoms with Gasteiger partial charge in [0.15, 0.2) is 0 Å². The van der Waals surface area contributed by atoms with Gasteiger partial charge in [-0.2, -0.15) is 0 Å². The van der Waals surface area contributed by atoms with Crippen LogP contribution in [0.3, 0.4) is 0 Å². The van der Waals surface area contributed by atoms with Crippen LogP contribution < -0.4 is 5.32 Å². The summed E-state index contributed by atoms with van der Waals surface area (Å²) in [7, 11) is 0. The van der Waals surface area contributed by atoms with Crippen LogP contribution in [0.2, 0.25) is 0 Å². The maximum atomic E-state index is 12.5. The molecular weight excluding hydrogens is 294 g/mol. The smallest absolute Gasteiger partial charge is 0.273 e. The van der Waals surface area contributed by atoms with Gasteiger partial charge in [-0.25, -0.2) is 4.98 Å². The van der Waals surface area contributed by atoms with Crippen molar-refractivity contribution in [1.29, 1.82) is 0 Å². The van der Waals surface area contributed by atoms with Crippen LogP contribution in [0.5, 0.6) is 0 Å². The summed E-state index contributed by atoms with van der Waals surface area (Å²) in [6.45, 7) is 4.56. The average Bonchev–Trinajstić information content (AvgIpc) is 3.03. The second-order valence-electron chi connectivity index (χ2n) is 5.66. The van der Waals surface area contributed by atoms with Gasteiger partial charge in [0.05, 0.1) is 5.01 Å². The van der Waals surface area contributed by atoms with E-state index in [2.05, 4.69) is 41.5 Å². The fourth-order valence-corrected chi connectivity index (χ4v) is 3.48. The summed E-state index contributed by atoms with van der Waals surface area (Å²) in [5.74, 6) is 0.0659. The van der Waals surface area contributed by atoms with Crippen LogP contribution in [0.4, 0.5) is 0 Å². The highest BCUT2D eigenvalue weighted by Crippen LogP contribution is 2.16. The van der Waals surface area contributed by atoms with Crippen molar-refractivity contribution in [3.05, 3.63) is 52.0 Å². The molecule has 1 aliphatic heterocycles. The zero-order valence-electron chi connectivity index (χ0n) is 12.8. The van der Waals surface area contributed by atoms with Crippen molar-refractivity contribution in [2.24, 2.45) is 0 Å². The Morgan fingerprint density at radius 2 is 2.18 bits per heavy atom. The van der Waals surface area contributed by atoms with Gasteiger partial charge in [0.2, 0.25) is 0 Å². The number of aromatic nitrogens is 1. The van der Waals surface area contributed by atoms with Crippen molar-refractivity contribution in [3.8, 4) is 0 Å². The Morgan fingerprint density at radius 1 is 1.36 bits per heavy atom. The molecule has 5 heteroatoms. The molecule has 0 unspecified atom stereocenters. The molecule has 4 nitrogen and oxygen atoms in total. The maximum Gasteiger partial charge on any atom is 0.273 e. The van der Waals surface area contributed by atoms with Gasteiger partial charge >= 0.3 is 0 Å². The second-order valence-corrected chi connectivity index (χ2v) is 6.61. The summed E-state index contributed by atoms with van der Waals surface area (Å²) in [6, 6.07) is 10.6. The average molecular weight is 315 g/mol. The minimum absolute atomic E-state index is 0.0659. The van der Waals surface area contributed by atoms with Gasteiger partial charge in [0.25, 0.3) is 5.91 Å². The number of rotatable bonds is 4. The minimum atomic E-state index is 0.0659. The number of nitrogens with one attached hydrogen (secondary N) is 1. The van der Waals surface area contributed by atoms with Crippen LogP contribution in [-0.2, 0) is 12.8 Å². The van der Waals surface area contributed by atoms with E-state index in [1.807, 2.05) is 16.3 Å². The molecule has 0 radical (unpaired) electrons. The number of amides is 1. The van der Waals surface area contributed by atoms with Crippen LogP contribution in [0.25, 0.3) is 0 Å². The number of nitrogens with zero attached hydrogens (tertiary/aromatic N) is 2. The molecule has 1 atom stereocenters. The summed E-state index contributed by atoms with van der Waals surface area (Å²) in [4.78, 5) is 19.0. The summed E-state index contributed by atoms with van der Waals surface area (Å²) < 4.78 is 0. The Balaban J connectivity index is 1.62. The molecule has 2 heterocycles. The first-order chi connectivity index (χ1) is 10.7. The monoisotopic (exact) mass is 315 g/mol. The van der Waals surface area contributed by atoms with Crippen LogP contribution in [0.15, 0.2) is 35.7 Å². The zero-order valence-corrected chi connectivity index (χ0v) is 13.6. The Hall–Kier alpha value is -1.72. The number of piperazine rings is 1. The molecule has 0 spiro atoms. The normalized spacial score (nSPS) is 18.4. The lowest BCUT2D eigenvalue weighted by Crippen LogP contribution is -2.52. The molecule has 0 bridgehead atoms. The van der Waals surface area contributed by atoms with E-state index >= 15 is 0 Å². The van der Waals surface area contributed by atoms with Gasteiger partial charge in [-0.05, 0) is 18.9 Å². The van der Waals surface area contributed by atoms with E-state index in [-0.39, 0.29) is 11.9 Å². The van der Waals surface area contributed by atoms with E-state index in [0.29, 0.717) is 5.69 Å². The number of aryl methyl sites for hydroxylation is 2. The molecule has 1 N–H and O–H groups in total. The van der Waals surface area contributed by atoms with E-state index < -0.39 is 0 Å². The quantitative estimate of drug-likeness (QED) is 0.942. The van der Waals surface area contributed by atoms with E-state index in [9.17, 15) is 4.79 Å². The van der Waals surface area contributed by atoms with Gasteiger partial charge < -0.3 is 10.2 Å². The standard InChI is InChI=1S/C17H21N3OS/c1-13-11-18-9-10-20(13)17(21)15-12-22-16(19-15)8-7-14-5-3-2-4-6-14/h2-6,12-13,18H,7-11H2,1H3/t13-/m1/s1. The molecule has 1 aromatic carbocycles. The fraction of sp³-hybridized carbons (Fsp3) is 0.412. The van der Waals surface area contributed by atoms with E-state index in [1.165, 1.54) is 5.56 Å². The molecular formula is C17H21N3OS. The number of thiazole rings is 1. The Morgan fingerprint density at radius 3 is 2.95 bits per heavy atom. The molecule has 116 valence electrons. The summed E-state index contributed by atoms with van der Waals surface area (Å²) in [6.07, 6.45) is 1.85. The van der Waals surface area contributed by atoms with Gasteiger partial charge in [-0.15, -0.1) is 11.3 Å². The third-order valence-electron chi connectivity index (χ3n) is 4.00. The van der Waals surface area contributed by atoms with Gasteiger partial charge in [-0.1, -0.05) is 30.3 Å². The van der Waals surface area contributed by atoms with Crippen LogP contribution >= 0.6 is 11.3 Å². The third-order valence-corrected chi connectivity index (χ3v) is 4.91. The Kier molecular flexibility index (Phi) is 4.85. The molecule has 1 fully saturated rings. The summed E-state index contributed by atoms with van der Waals surface area (Å²) >= 11 is 1.59. The number of benzene rings is 1. The lowest BCUT2D eigenvalue weighted by atomic mass is 10.1. The zero-order chi connectivity index (χ0) is 15.4. The molecule has 1 amide bonds. The largest absolute Gasteiger partial charge is 0.332 e. The Bertz CT molecular complexity index is 626. The predicted molar refractivity (Wildman–Crippen MR) is 89.3 cm³/mol. The van der Waals surface area contributed by atoms with Crippen LogP contribution in [-0.4, -0.2) is 41.5 Å². The number of hydrogen-bond donors (Lipinski definition) is 1. The van der Waals surface area contributed by atoms with Gasteiger partial charge in [-0.3, -0.25) is 4.79 Å². The van der Waals surface area contributed by atoms with Crippen molar-refractivity contribution < 1.29 is 4.79 Å². The highest BCUT2D eigenvalue weighted by molar-refractivity contribution is 7.09. The molecule has 3 rings (SSSR count). The first-order valence-corrected chi connectivity index (χ1v) is 8.62. The van der Waals surface area contributed by atoms with Crippen molar-refractivity contribution in [3.63, 3.8) is 0 Å². The Labute approximate surface area is 135 Å². The molecule has 22 heavy (non-hydrogen) atoms. The summed E-state index contributed by atoms with van der Waals surface area (Å²) in [5.41, 5.74) is 1.91. The van der Waals surface area contributed by atoms with Crippen LogP contribution in [0, 0.1) is 0 Å². The maximum absolute atomic E-state index is 12.5. The highest BCUT2D eigenvalue weighted by Gasteiger charge is 2.25. The van der Waals surface area contributed by atoms with E-state index in [0.717, 1.165) is 37.5 Å². The van der Waals surface area contributed by atoms with Crippen molar-refractivity contribution in [2.75, 3.05) is 19.6 Å². The first kappa shape index (κ1) is 15.2. The molecule has 1 saturated heterocycles. The first-order valence-electron chi connectivity index (χ1n) is 7.74. The molecule has 1 aromatic heterocycles. The summed E-state index contributed by atoms with van der Waals surface area (Å²) in [5, 5.41) is 6.24. The van der Waals surface area contributed by atoms with Crippen LogP contribution in [0.1, 0.15) is 28.0 Å². The van der Waals surface area contributed by atoms with Crippen molar-refractivity contribution in [1.82, 2.24) is 15.2 Å². The molecule has 0 aliphatic carbocycles. The van der Waals surface area contributed by atoms with Gasteiger partial charge in [0, 0.05) is 37.5 Å². The highest BCUT2D eigenvalue weighted by atomic mass is 32.1. The van der Waals surface area contributed by atoms with E-state index in [4.69, 9.17) is 0 Å². The fourth-order valence-electron chi connectivity index (χ4n) is 2.71. The predicted octanol–water partition coefficient (Wildman–Crippen LogP) is 2.36. The van der Waals surface area contributed by atoms with E-state index in [1.54, 1.807) is 11.3 Å². The van der Waals surface area contributed by atoms with Crippen molar-refractivity contribution >= 4 is 17.2 Å². The third kappa shape index (κ3) is 3.54. The molecule has 0 saturated carbocycles. The number of hydrogen-bond acceptors (Lipinski definition) is 4. The lowest BCUT2D eigenvalue weighted by Gasteiger charge is -2.33. The molecule has 1 aliphatic rings. The lowest BCUT2D eigenvalue weighted by molar-refractivity contribution is 0.0650. The number of carbonyl (C=O) groups is 1. The van der Waals surface area contributed by atoms with Crippen molar-refractivity contribution in [2.45, 2.75) is 25.8 Å². The SMILES string of the molecule is C[C@@H]1CNCCN1C(=O)c1csc(CCc2ccccc2)n1. The minimum Gasteiger partial charge on any atom is -0.332 e. The topological polar surface area (TPSA) is 45.2 Å². The molecule has 2 aromatic rings.